The maximum atomic E-state index is 13.4. The van der Waals surface area contributed by atoms with Crippen molar-refractivity contribution in [3.63, 3.8) is 0 Å². The Kier molecular flexibility index (Phi) is 9.39. The van der Waals surface area contributed by atoms with Gasteiger partial charge in [0.1, 0.15) is 0 Å². The zero-order chi connectivity index (χ0) is 20.7. The molecule has 1 rings (SSSR count). The number of hydrogen-bond donors (Lipinski definition) is 0. The van der Waals surface area contributed by atoms with Crippen molar-refractivity contribution in [1.29, 1.82) is 0 Å². The van der Waals surface area contributed by atoms with Crippen molar-refractivity contribution in [3.8, 4) is 0 Å². The van der Waals surface area contributed by atoms with Crippen LogP contribution in [0.3, 0.4) is 0 Å². The highest BCUT2D eigenvalue weighted by Gasteiger charge is 2.40. The van der Waals surface area contributed by atoms with E-state index in [0.717, 1.165) is 35.5 Å². The van der Waals surface area contributed by atoms with Crippen LogP contribution in [0.2, 0.25) is 18.1 Å². The summed E-state index contributed by atoms with van der Waals surface area (Å²) in [4.78, 5) is 1.67. The first kappa shape index (κ1) is 24.1. The lowest BCUT2D eigenvalue weighted by atomic mass is 10.1. The number of rotatable bonds is 10. The van der Waals surface area contributed by atoms with Crippen molar-refractivity contribution in [2.45, 2.75) is 89.4 Å². The quantitative estimate of drug-likeness (QED) is 0.234. The highest BCUT2D eigenvalue weighted by Crippen LogP contribution is 2.39. The maximum Gasteiger partial charge on any atom is 0.192 e. The van der Waals surface area contributed by atoms with Gasteiger partial charge in [0.05, 0.1) is 16.9 Å². The Bertz CT molecular complexity index is 654. The van der Waals surface area contributed by atoms with Crippen molar-refractivity contribution < 1.29 is 8.63 Å². The Morgan fingerprint density at radius 2 is 1.81 bits per heavy atom. The predicted molar refractivity (Wildman–Crippen MR) is 122 cm³/mol. The molecule has 27 heavy (non-hydrogen) atoms. The first-order valence-corrected chi connectivity index (χ1v) is 14.1. The van der Waals surface area contributed by atoms with E-state index in [1.165, 1.54) is 5.56 Å². The average Bonchev–Trinajstić information content (AvgIpc) is 2.58. The van der Waals surface area contributed by atoms with E-state index in [0.29, 0.717) is 0 Å². The van der Waals surface area contributed by atoms with Crippen LogP contribution in [0.1, 0.15) is 58.9 Å². The third-order valence-electron chi connectivity index (χ3n) is 5.36. The lowest BCUT2D eigenvalue weighted by Crippen LogP contribution is -2.44. The van der Waals surface area contributed by atoms with Crippen molar-refractivity contribution in [3.05, 3.63) is 53.5 Å². The molecule has 152 valence electrons. The van der Waals surface area contributed by atoms with Gasteiger partial charge in [-0.3, -0.25) is 0 Å². The van der Waals surface area contributed by atoms with Crippen LogP contribution in [-0.4, -0.2) is 18.6 Å². The van der Waals surface area contributed by atoms with Crippen molar-refractivity contribution >= 4 is 19.1 Å². The van der Waals surface area contributed by atoms with Crippen LogP contribution in [0.4, 0.5) is 0 Å². The molecule has 0 fully saturated rings. The summed E-state index contributed by atoms with van der Waals surface area (Å²) in [6, 6.07) is 7.94. The van der Waals surface area contributed by atoms with Gasteiger partial charge < -0.3 is 4.43 Å². The summed E-state index contributed by atoms with van der Waals surface area (Å²) in [5.41, 5.74) is 1.17. The minimum atomic E-state index is -1.99. The molecular formula is C23H38O2SSi. The fourth-order valence-electron chi connectivity index (χ4n) is 2.57. The fraction of sp³-hybridized carbons (Fsp3) is 0.565. The smallest absolute Gasteiger partial charge is 0.192 e. The highest BCUT2D eigenvalue weighted by atomic mass is 32.2. The van der Waals surface area contributed by atoms with Gasteiger partial charge in [-0.05, 0) is 49.7 Å². The SMILES string of the molecule is C=C/C=C(\[C@H](CCCCC)O[Si](C)(C)C(C)(C)C)[S@@](=O)c1ccc(C)cc1. The van der Waals surface area contributed by atoms with Gasteiger partial charge in [0, 0.05) is 9.80 Å². The van der Waals surface area contributed by atoms with Crippen LogP contribution >= 0.6 is 0 Å². The molecule has 4 heteroatoms. The van der Waals surface area contributed by atoms with Gasteiger partial charge in [-0.1, -0.05) is 77.3 Å². The standard InChI is InChI=1S/C23H38O2SSi/c1-9-11-12-14-21(25-27(7,8)23(4,5)6)22(13-10-2)26(24)20-17-15-19(3)16-18-20/h10,13,15-18,21H,2,9,11-12,14H2,1,3-8H3/b22-13+/t21-,26-/m0/s1. The molecule has 1 aromatic carbocycles. The minimum Gasteiger partial charge on any atom is -0.409 e. The lowest BCUT2D eigenvalue weighted by Gasteiger charge is -2.40. The lowest BCUT2D eigenvalue weighted by molar-refractivity contribution is 0.207. The van der Waals surface area contributed by atoms with Crippen LogP contribution in [0.5, 0.6) is 0 Å². The van der Waals surface area contributed by atoms with Crippen LogP contribution in [0.25, 0.3) is 0 Å². The second-order valence-corrected chi connectivity index (χ2v) is 15.0. The normalized spacial score (nSPS) is 15.4. The summed E-state index contributed by atoms with van der Waals surface area (Å²) >= 11 is 0. The van der Waals surface area contributed by atoms with E-state index in [9.17, 15) is 4.21 Å². The van der Waals surface area contributed by atoms with Gasteiger partial charge in [0.2, 0.25) is 0 Å². The van der Waals surface area contributed by atoms with Crippen molar-refractivity contribution in [1.82, 2.24) is 0 Å². The molecule has 0 aliphatic rings. The third-order valence-corrected chi connectivity index (χ3v) is 11.4. The largest absolute Gasteiger partial charge is 0.409 e. The van der Waals surface area contributed by atoms with Gasteiger partial charge >= 0.3 is 0 Å². The van der Waals surface area contributed by atoms with E-state index < -0.39 is 19.1 Å². The van der Waals surface area contributed by atoms with Gasteiger partial charge in [-0.2, -0.15) is 0 Å². The van der Waals surface area contributed by atoms with Gasteiger partial charge in [-0.15, -0.1) is 0 Å². The first-order chi connectivity index (χ1) is 12.5. The molecule has 0 aliphatic carbocycles. The monoisotopic (exact) mass is 406 g/mol. The topological polar surface area (TPSA) is 26.3 Å². The average molecular weight is 407 g/mol. The van der Waals surface area contributed by atoms with Gasteiger partial charge in [0.15, 0.2) is 8.32 Å². The number of allylic oxidation sites excluding steroid dienone is 2. The van der Waals surface area contributed by atoms with Crippen molar-refractivity contribution in [2.75, 3.05) is 0 Å². The van der Waals surface area contributed by atoms with E-state index in [4.69, 9.17) is 4.43 Å². The molecule has 0 bridgehead atoms. The summed E-state index contributed by atoms with van der Waals surface area (Å²) < 4.78 is 20.1. The maximum absolute atomic E-state index is 13.4. The summed E-state index contributed by atoms with van der Waals surface area (Å²) in [5, 5.41) is 0.112. The van der Waals surface area contributed by atoms with Crippen LogP contribution in [0.15, 0.2) is 52.8 Å². The van der Waals surface area contributed by atoms with E-state index in [-0.39, 0.29) is 11.1 Å². The zero-order valence-corrected chi connectivity index (χ0v) is 20.1. The molecule has 0 heterocycles. The Balaban J connectivity index is 3.23. The van der Waals surface area contributed by atoms with Crippen LogP contribution < -0.4 is 0 Å². The number of benzene rings is 1. The molecule has 0 amide bonds. The second-order valence-electron chi connectivity index (χ2n) is 8.75. The fourth-order valence-corrected chi connectivity index (χ4v) is 5.25. The zero-order valence-electron chi connectivity index (χ0n) is 18.3. The third kappa shape index (κ3) is 7.17. The van der Waals surface area contributed by atoms with E-state index in [1.54, 1.807) is 6.08 Å². The van der Waals surface area contributed by atoms with Crippen LogP contribution in [0, 0.1) is 6.92 Å². The molecule has 2 atom stereocenters. The molecule has 0 N–H and O–H groups in total. The molecule has 0 radical (unpaired) electrons. The second kappa shape index (κ2) is 10.5. The molecule has 0 saturated carbocycles. The Morgan fingerprint density at radius 3 is 2.30 bits per heavy atom. The van der Waals surface area contributed by atoms with Crippen molar-refractivity contribution in [2.24, 2.45) is 0 Å². The summed E-state index contributed by atoms with van der Waals surface area (Å²) in [6.07, 6.45) is 7.82. The molecule has 0 spiro atoms. The number of unbranched alkanes of at least 4 members (excludes halogenated alkanes) is 2. The van der Waals surface area contributed by atoms with Crippen LogP contribution in [-0.2, 0) is 15.2 Å². The van der Waals surface area contributed by atoms with Gasteiger partial charge in [0.25, 0.3) is 0 Å². The number of hydrogen-bond acceptors (Lipinski definition) is 2. The van der Waals surface area contributed by atoms with Gasteiger partial charge in [-0.25, -0.2) is 4.21 Å². The Morgan fingerprint density at radius 1 is 1.22 bits per heavy atom. The predicted octanol–water partition coefficient (Wildman–Crippen LogP) is 7.14. The number of aryl methyl sites for hydroxylation is 1. The van der Waals surface area contributed by atoms with E-state index in [2.05, 4.69) is 47.4 Å². The molecular weight excluding hydrogens is 368 g/mol. The molecule has 2 nitrogen and oxygen atoms in total. The summed E-state index contributed by atoms with van der Waals surface area (Å²) in [5.74, 6) is 0. The Hall–Kier alpha value is -0.973. The molecule has 1 aromatic rings. The first-order valence-electron chi connectivity index (χ1n) is 10.0. The summed E-state index contributed by atoms with van der Waals surface area (Å²) in [6.45, 7) is 19.4. The molecule has 0 unspecified atom stereocenters. The highest BCUT2D eigenvalue weighted by molar-refractivity contribution is 7.89. The molecule has 0 saturated heterocycles. The molecule has 0 aromatic heterocycles. The summed E-state index contributed by atoms with van der Waals surface area (Å²) in [7, 11) is -3.22. The molecule has 0 aliphatic heterocycles. The van der Waals surface area contributed by atoms with E-state index >= 15 is 0 Å². The Labute approximate surface area is 170 Å². The minimum absolute atomic E-state index is 0.112. The van der Waals surface area contributed by atoms with E-state index in [1.807, 2.05) is 37.3 Å².